The van der Waals surface area contributed by atoms with Gasteiger partial charge in [0.1, 0.15) is 18.2 Å². The van der Waals surface area contributed by atoms with E-state index in [1.54, 1.807) is 7.11 Å². The second kappa shape index (κ2) is 7.48. The molecule has 27 heavy (non-hydrogen) atoms. The third-order valence-corrected chi connectivity index (χ3v) is 5.03. The topological polar surface area (TPSA) is 72.0 Å². The van der Waals surface area contributed by atoms with E-state index in [-0.39, 0.29) is 17.8 Å². The van der Waals surface area contributed by atoms with Gasteiger partial charge in [-0.3, -0.25) is 4.79 Å². The van der Waals surface area contributed by atoms with Crippen LogP contribution in [0.2, 0.25) is 0 Å². The summed E-state index contributed by atoms with van der Waals surface area (Å²) in [6.45, 7) is 0.386. The summed E-state index contributed by atoms with van der Waals surface area (Å²) in [5.74, 6) is 0.558. The van der Waals surface area contributed by atoms with E-state index in [4.69, 9.17) is 26.1 Å². The molecule has 1 amide bonds. The average Bonchev–Trinajstić information content (AvgIpc) is 3.11. The zero-order valence-corrected chi connectivity index (χ0v) is 15.7. The molecule has 1 unspecified atom stereocenters. The Labute approximate surface area is 162 Å². The fourth-order valence-corrected chi connectivity index (χ4v) is 3.61. The number of hydrogen-bond donors (Lipinski definition) is 2. The van der Waals surface area contributed by atoms with Gasteiger partial charge in [-0.05, 0) is 42.7 Å². The summed E-state index contributed by atoms with van der Waals surface area (Å²) >= 11 is 5.53. The molecule has 0 spiro atoms. The van der Waals surface area contributed by atoms with Crippen LogP contribution >= 0.6 is 11.6 Å². The van der Waals surface area contributed by atoms with E-state index >= 15 is 0 Å². The highest BCUT2D eigenvalue weighted by Crippen LogP contribution is 2.40. The molecule has 2 aromatic rings. The number of aryl methyl sites for hydroxylation is 1. The zero-order valence-electron chi connectivity index (χ0n) is 14.9. The van der Waals surface area contributed by atoms with E-state index in [2.05, 4.69) is 16.7 Å². The Morgan fingerprint density at radius 2 is 2.26 bits per heavy atom. The summed E-state index contributed by atoms with van der Waals surface area (Å²) in [5.41, 5.74) is 4.98. The summed E-state index contributed by atoms with van der Waals surface area (Å²) in [5, 5.41) is 5.97. The minimum Gasteiger partial charge on any atom is -0.496 e. The van der Waals surface area contributed by atoms with Crippen molar-refractivity contribution < 1.29 is 14.3 Å². The lowest BCUT2D eigenvalue weighted by Gasteiger charge is -2.22. The number of nitrogens with zero attached hydrogens (tertiary/aromatic N) is 1. The summed E-state index contributed by atoms with van der Waals surface area (Å²) in [6.07, 6.45) is 1.91. The minimum absolute atomic E-state index is 0.0162. The summed E-state index contributed by atoms with van der Waals surface area (Å²) in [7, 11) is 1.68. The van der Waals surface area contributed by atoms with Crippen LogP contribution in [0.25, 0.3) is 0 Å². The molecule has 0 aromatic heterocycles. The van der Waals surface area contributed by atoms with Crippen molar-refractivity contribution in [2.45, 2.75) is 25.5 Å². The monoisotopic (exact) mass is 385 g/mol. The molecule has 2 N–H and O–H groups in total. The van der Waals surface area contributed by atoms with Crippen LogP contribution in [-0.4, -0.2) is 24.9 Å². The number of fused-ring (bicyclic) bond motifs is 2. The third-order valence-electron chi connectivity index (χ3n) is 4.79. The molecule has 2 aromatic carbocycles. The van der Waals surface area contributed by atoms with Gasteiger partial charge in [-0.1, -0.05) is 12.1 Å². The molecule has 0 fully saturated rings. The van der Waals surface area contributed by atoms with Gasteiger partial charge < -0.3 is 20.1 Å². The van der Waals surface area contributed by atoms with E-state index in [9.17, 15) is 4.79 Å². The maximum atomic E-state index is 11.4. The van der Waals surface area contributed by atoms with Gasteiger partial charge in [0.15, 0.2) is 0 Å². The average molecular weight is 386 g/mol. The number of hydrogen-bond acceptors (Lipinski definition) is 4. The molecule has 1 atom stereocenters. The Morgan fingerprint density at radius 1 is 1.37 bits per heavy atom. The van der Waals surface area contributed by atoms with Gasteiger partial charge >= 0.3 is 0 Å². The first-order valence-corrected chi connectivity index (χ1v) is 9.33. The maximum Gasteiger partial charge on any atom is 0.290 e. The third kappa shape index (κ3) is 3.57. The van der Waals surface area contributed by atoms with Crippen LogP contribution in [0, 0.1) is 0 Å². The van der Waals surface area contributed by atoms with Crippen molar-refractivity contribution in [2.24, 2.45) is 4.99 Å². The molecule has 4 rings (SSSR count). The maximum absolute atomic E-state index is 11.4. The van der Waals surface area contributed by atoms with E-state index in [0.29, 0.717) is 18.3 Å². The molecule has 1 aliphatic carbocycles. The van der Waals surface area contributed by atoms with E-state index in [1.165, 1.54) is 5.56 Å². The molecular formula is C20H20ClN3O3. The first-order chi connectivity index (χ1) is 13.2. The fourth-order valence-electron chi connectivity index (χ4n) is 3.55. The van der Waals surface area contributed by atoms with Crippen LogP contribution in [-0.2, 0) is 22.6 Å². The molecule has 7 heteroatoms. The molecule has 0 saturated carbocycles. The Bertz CT molecular complexity index is 913. The number of carbonyl (C=O) groups excluding carboxylic acids is 1. The number of ether oxygens (including phenoxy) is 2. The number of methoxy groups -OCH3 is 1. The second-order valence-electron chi connectivity index (χ2n) is 6.49. The molecule has 6 nitrogen and oxygen atoms in total. The molecule has 0 saturated heterocycles. The molecule has 1 heterocycles. The van der Waals surface area contributed by atoms with Crippen molar-refractivity contribution in [3.8, 4) is 5.75 Å². The summed E-state index contributed by atoms with van der Waals surface area (Å²) < 4.78 is 11.3. The zero-order chi connectivity index (χ0) is 18.8. The minimum atomic E-state index is -0.239. The Morgan fingerprint density at radius 3 is 3.07 bits per heavy atom. The van der Waals surface area contributed by atoms with Gasteiger partial charge in [0.05, 0.1) is 13.2 Å². The SMILES string of the molecule is COc1cccc2c1C(N=C1Nc3ccc(NC(=O)CCl)cc3CO1)CC2. The quantitative estimate of drug-likeness (QED) is 0.784. The van der Waals surface area contributed by atoms with Gasteiger partial charge in [0.25, 0.3) is 6.02 Å². The number of alkyl halides is 1. The Balaban J connectivity index is 1.54. The number of amidine groups is 1. The number of halogens is 1. The van der Waals surface area contributed by atoms with Crippen LogP contribution < -0.4 is 15.4 Å². The van der Waals surface area contributed by atoms with E-state index < -0.39 is 0 Å². The first kappa shape index (κ1) is 17.7. The lowest BCUT2D eigenvalue weighted by Crippen LogP contribution is -2.23. The van der Waals surface area contributed by atoms with Gasteiger partial charge in [-0.25, -0.2) is 4.99 Å². The van der Waals surface area contributed by atoms with Crippen molar-refractivity contribution in [3.05, 3.63) is 53.1 Å². The number of amides is 1. The van der Waals surface area contributed by atoms with E-state index in [1.807, 2.05) is 30.3 Å². The van der Waals surface area contributed by atoms with Crippen molar-refractivity contribution in [1.29, 1.82) is 0 Å². The molecule has 2 aliphatic rings. The van der Waals surface area contributed by atoms with Crippen LogP contribution in [0.15, 0.2) is 41.4 Å². The van der Waals surface area contributed by atoms with Crippen molar-refractivity contribution in [3.63, 3.8) is 0 Å². The number of anilines is 2. The summed E-state index contributed by atoms with van der Waals surface area (Å²) in [6, 6.07) is 12.2. The number of rotatable bonds is 4. The molecule has 0 radical (unpaired) electrons. The first-order valence-electron chi connectivity index (χ1n) is 8.80. The molecular weight excluding hydrogens is 366 g/mol. The lowest BCUT2D eigenvalue weighted by atomic mass is 10.1. The fraction of sp³-hybridized carbons (Fsp3) is 0.300. The lowest BCUT2D eigenvalue weighted by molar-refractivity contribution is -0.113. The van der Waals surface area contributed by atoms with Crippen LogP contribution in [0.3, 0.4) is 0 Å². The van der Waals surface area contributed by atoms with Crippen molar-refractivity contribution >= 4 is 34.9 Å². The Kier molecular flexibility index (Phi) is 4.90. The smallest absolute Gasteiger partial charge is 0.290 e. The van der Waals surface area contributed by atoms with Gasteiger partial charge in [-0.2, -0.15) is 0 Å². The van der Waals surface area contributed by atoms with Crippen LogP contribution in [0.5, 0.6) is 5.75 Å². The highest BCUT2D eigenvalue weighted by molar-refractivity contribution is 6.29. The van der Waals surface area contributed by atoms with E-state index in [0.717, 1.165) is 35.4 Å². The number of aliphatic imine (C=N–C) groups is 1. The highest BCUT2D eigenvalue weighted by atomic mass is 35.5. The second-order valence-corrected chi connectivity index (χ2v) is 6.76. The number of nitrogens with one attached hydrogen (secondary N) is 2. The Hall–Kier alpha value is -2.73. The van der Waals surface area contributed by atoms with Gasteiger partial charge in [0, 0.05) is 22.5 Å². The highest BCUT2D eigenvalue weighted by Gasteiger charge is 2.27. The molecule has 1 aliphatic heterocycles. The van der Waals surface area contributed by atoms with Crippen LogP contribution in [0.4, 0.5) is 11.4 Å². The van der Waals surface area contributed by atoms with Crippen molar-refractivity contribution in [2.75, 3.05) is 23.6 Å². The number of benzene rings is 2. The summed E-state index contributed by atoms with van der Waals surface area (Å²) in [4.78, 5) is 16.2. The number of carbonyl (C=O) groups is 1. The molecule has 140 valence electrons. The predicted octanol–water partition coefficient (Wildman–Crippen LogP) is 3.86. The standard InChI is InChI=1S/C20H20ClN3O3/c1-26-17-4-2-3-12-5-7-16(19(12)17)24-20-23-15-8-6-14(22-18(25)10-21)9-13(15)11-27-20/h2-4,6,8-9,16H,5,7,10-11H2,1H3,(H,22,25)(H,23,24). The van der Waals surface area contributed by atoms with Gasteiger partial charge in [-0.15, -0.1) is 11.6 Å². The van der Waals surface area contributed by atoms with Crippen LogP contribution in [0.1, 0.15) is 29.2 Å². The normalized spacial score (nSPS) is 18.9. The largest absolute Gasteiger partial charge is 0.496 e. The van der Waals surface area contributed by atoms with Gasteiger partial charge in [0.2, 0.25) is 5.91 Å². The predicted molar refractivity (Wildman–Crippen MR) is 106 cm³/mol. The molecule has 0 bridgehead atoms. The van der Waals surface area contributed by atoms with Crippen molar-refractivity contribution in [1.82, 2.24) is 0 Å².